The first-order chi connectivity index (χ1) is 18.3. The Morgan fingerprint density at radius 1 is 0.868 bits per heavy atom. The van der Waals surface area contributed by atoms with Crippen LogP contribution in [0.2, 0.25) is 0 Å². The Hall–Kier alpha value is -1.41. The maximum absolute atomic E-state index is 14.0. The van der Waals surface area contributed by atoms with Crippen LogP contribution in [-0.2, 0) is 34.0 Å². The van der Waals surface area contributed by atoms with Crippen LogP contribution in [0.3, 0.4) is 0 Å². The van der Waals surface area contributed by atoms with Crippen molar-refractivity contribution in [2.24, 2.45) is 0 Å². The average molecular weight is 595 g/mol. The van der Waals surface area contributed by atoms with Crippen LogP contribution in [0, 0.1) is 0 Å². The molecule has 2 rings (SSSR count). The molecule has 0 aliphatic heterocycles. The maximum atomic E-state index is 14.0. The Bertz CT molecular complexity index is 961. The number of hydrogen-bond donors (Lipinski definition) is 4. The normalized spacial score (nSPS) is 12.3. The van der Waals surface area contributed by atoms with Crippen molar-refractivity contribution in [1.29, 1.82) is 0 Å². The lowest BCUT2D eigenvalue weighted by Crippen LogP contribution is -2.30. The van der Waals surface area contributed by atoms with Gasteiger partial charge in [-0.2, -0.15) is 21.9 Å². The third-order valence-corrected chi connectivity index (χ3v) is 10.9. The molecule has 0 spiro atoms. The van der Waals surface area contributed by atoms with Crippen molar-refractivity contribution in [2.75, 3.05) is 51.3 Å². The second-order valence-corrected chi connectivity index (χ2v) is 13.5. The Kier molecular flexibility index (Phi) is 14.9. The molecular weight excluding hydrogens is 554 g/mol. The molecular formula is C22H40N6O7P2S. The summed E-state index contributed by atoms with van der Waals surface area (Å²) in [6, 6.07) is 9.34. The van der Waals surface area contributed by atoms with Gasteiger partial charge in [0.2, 0.25) is 0 Å². The second kappa shape index (κ2) is 17.3. The molecule has 13 nitrogen and oxygen atoms in total. The van der Waals surface area contributed by atoms with E-state index in [2.05, 4.69) is 26.9 Å². The fourth-order valence-corrected chi connectivity index (χ4v) is 8.76. The Morgan fingerprint density at radius 3 is 1.89 bits per heavy atom. The van der Waals surface area contributed by atoms with Gasteiger partial charge in [0.05, 0.1) is 6.54 Å². The fourth-order valence-electron chi connectivity index (χ4n) is 3.00. The third kappa shape index (κ3) is 10.3. The summed E-state index contributed by atoms with van der Waals surface area (Å²) in [6.07, 6.45) is 1.75. The molecule has 16 heteroatoms. The van der Waals surface area contributed by atoms with Crippen molar-refractivity contribution in [3.63, 3.8) is 0 Å². The van der Waals surface area contributed by atoms with E-state index < -0.39 is 20.6 Å². The molecule has 0 amide bonds. The van der Waals surface area contributed by atoms with Gasteiger partial charge in [-0.25, -0.2) is 23.5 Å². The van der Waals surface area contributed by atoms with E-state index in [9.17, 15) is 9.13 Å². The van der Waals surface area contributed by atoms with Gasteiger partial charge in [0.25, 0.3) is 0 Å². The van der Waals surface area contributed by atoms with Crippen molar-refractivity contribution in [1.82, 2.24) is 26.9 Å². The third-order valence-electron chi connectivity index (χ3n) is 4.81. The summed E-state index contributed by atoms with van der Waals surface area (Å²) in [7, 11) is -6.37. The number of thiophene rings is 1. The van der Waals surface area contributed by atoms with Crippen LogP contribution in [0.4, 0.5) is 5.82 Å². The monoisotopic (exact) mass is 594 g/mol. The smallest absolute Gasteiger partial charge is 0.378 e. The van der Waals surface area contributed by atoms with E-state index in [-0.39, 0.29) is 6.42 Å². The zero-order valence-corrected chi connectivity index (χ0v) is 25.2. The lowest BCUT2D eigenvalue weighted by Gasteiger charge is -2.30. The number of ether oxygens (including phenoxy) is 1. The number of pyridine rings is 1. The predicted octanol–water partition coefficient (Wildman–Crippen LogP) is 4.08. The highest BCUT2D eigenvalue weighted by molar-refractivity contribution is 7.72. The average Bonchev–Trinajstić information content (AvgIpc) is 3.39. The number of nitrogens with zero attached hydrogens (tertiary/aromatic N) is 2. The van der Waals surface area contributed by atoms with Crippen molar-refractivity contribution < 1.29 is 32.4 Å². The van der Waals surface area contributed by atoms with Crippen LogP contribution < -0.4 is 31.6 Å². The van der Waals surface area contributed by atoms with E-state index in [1.807, 2.05) is 36.2 Å². The molecule has 0 aromatic carbocycles. The van der Waals surface area contributed by atoms with E-state index in [1.165, 1.54) is 11.3 Å². The zero-order valence-electron chi connectivity index (χ0n) is 22.5. The number of anilines is 1. The molecule has 38 heavy (non-hydrogen) atoms. The molecule has 216 valence electrons. The standard InChI is InChI=1S/C22H40N6O7P2S/c1-6-24-32-36(29,33-25-7-2)22(37(30,34-26-8-3)35-27-9-4)18-19-13-14-21(38-19)31-17-16-28(5)20-12-10-11-15-23-20/h10-15,22,24-27H,6-9,16-18H2,1-5H3. The Balaban J connectivity index is 2.23. The molecule has 0 aliphatic carbocycles. The molecule has 0 fully saturated rings. The van der Waals surface area contributed by atoms with Crippen LogP contribution in [0.25, 0.3) is 0 Å². The molecule has 0 saturated carbocycles. The highest BCUT2D eigenvalue weighted by Gasteiger charge is 2.53. The highest BCUT2D eigenvalue weighted by Crippen LogP contribution is 2.70. The molecule has 2 aromatic rings. The van der Waals surface area contributed by atoms with Crippen LogP contribution >= 0.6 is 26.5 Å². The maximum Gasteiger partial charge on any atom is 0.378 e. The largest absolute Gasteiger partial charge is 0.482 e. The van der Waals surface area contributed by atoms with Gasteiger partial charge in [0.15, 0.2) is 10.5 Å². The molecule has 0 aliphatic rings. The van der Waals surface area contributed by atoms with Crippen LogP contribution in [0.15, 0.2) is 36.5 Å². The first-order valence-electron chi connectivity index (χ1n) is 12.5. The summed E-state index contributed by atoms with van der Waals surface area (Å²) in [5, 5.41) is -0.675. The minimum absolute atomic E-state index is 0.00397. The molecule has 0 bridgehead atoms. The van der Waals surface area contributed by atoms with E-state index in [1.54, 1.807) is 40.0 Å². The number of nitrogens with one attached hydrogen (secondary N) is 4. The summed E-state index contributed by atoms with van der Waals surface area (Å²) < 4.78 is 55.8. The summed E-state index contributed by atoms with van der Waals surface area (Å²) in [5.74, 6) is 0.847. The van der Waals surface area contributed by atoms with Crippen molar-refractivity contribution in [2.45, 2.75) is 39.5 Å². The summed E-state index contributed by atoms with van der Waals surface area (Å²) >= 11 is 1.33. The first-order valence-corrected chi connectivity index (χ1v) is 16.5. The Labute approximate surface area is 228 Å². The van der Waals surface area contributed by atoms with E-state index in [0.29, 0.717) is 44.4 Å². The highest BCUT2D eigenvalue weighted by atomic mass is 32.1. The van der Waals surface area contributed by atoms with E-state index in [4.69, 9.17) is 23.2 Å². The minimum Gasteiger partial charge on any atom is -0.482 e. The molecule has 2 aromatic heterocycles. The van der Waals surface area contributed by atoms with Crippen LogP contribution in [0.1, 0.15) is 32.6 Å². The molecule has 0 saturated heterocycles. The van der Waals surface area contributed by atoms with Gasteiger partial charge in [-0.15, -0.1) is 11.3 Å². The van der Waals surface area contributed by atoms with Gasteiger partial charge in [-0.3, -0.25) is 9.13 Å². The van der Waals surface area contributed by atoms with Gasteiger partial charge >= 0.3 is 15.2 Å². The van der Waals surface area contributed by atoms with Crippen molar-refractivity contribution >= 4 is 32.3 Å². The SMILES string of the molecule is CCNOP(=O)(ONCC)C(Cc1ccc(OCCN(C)c2ccccn2)s1)P(=O)(ONCC)ONCC. The van der Waals surface area contributed by atoms with Gasteiger partial charge in [0, 0.05) is 50.7 Å². The van der Waals surface area contributed by atoms with Crippen LogP contribution in [0.5, 0.6) is 5.06 Å². The molecule has 4 N–H and O–H groups in total. The predicted molar refractivity (Wildman–Crippen MR) is 149 cm³/mol. The molecule has 0 atom stereocenters. The fraction of sp³-hybridized carbons (Fsp3) is 0.591. The lowest BCUT2D eigenvalue weighted by molar-refractivity contribution is 0.0855. The van der Waals surface area contributed by atoms with Crippen molar-refractivity contribution in [3.05, 3.63) is 41.4 Å². The van der Waals surface area contributed by atoms with Crippen molar-refractivity contribution in [3.8, 4) is 5.06 Å². The topological polar surface area (TPSA) is 145 Å². The number of rotatable bonds is 21. The number of aromatic nitrogens is 1. The number of hydroxylamine groups is 4. The van der Waals surface area contributed by atoms with Gasteiger partial charge < -0.3 is 9.64 Å². The summed E-state index contributed by atoms with van der Waals surface area (Å²) in [6.45, 7) is 9.46. The zero-order chi connectivity index (χ0) is 27.9. The van der Waals surface area contributed by atoms with E-state index in [0.717, 1.165) is 10.7 Å². The molecule has 0 unspecified atom stereocenters. The summed E-state index contributed by atoms with van der Waals surface area (Å²) in [4.78, 5) is 7.04. The van der Waals surface area contributed by atoms with Gasteiger partial charge in [0.1, 0.15) is 12.4 Å². The molecule has 0 radical (unpaired) electrons. The summed E-state index contributed by atoms with van der Waals surface area (Å²) in [5.41, 5.74) is 10.3. The number of likely N-dealkylation sites (N-methyl/N-ethyl adjacent to an activating group) is 1. The first kappa shape index (κ1) is 32.8. The van der Waals surface area contributed by atoms with Crippen LogP contribution in [-0.4, -0.2) is 56.8 Å². The lowest BCUT2D eigenvalue weighted by atomic mass is 10.4. The second-order valence-electron chi connectivity index (χ2n) is 7.80. The van der Waals surface area contributed by atoms with Gasteiger partial charge in [-0.1, -0.05) is 33.8 Å². The molecule has 2 heterocycles. The van der Waals surface area contributed by atoms with Gasteiger partial charge in [-0.05, 0) is 24.3 Å². The van der Waals surface area contributed by atoms with E-state index >= 15 is 0 Å². The Morgan fingerprint density at radius 2 is 1.42 bits per heavy atom. The minimum atomic E-state index is -4.15. The number of hydrogen-bond acceptors (Lipinski definition) is 14. The quantitative estimate of drug-likeness (QED) is 0.122.